The molecule has 1 amide bonds. The predicted molar refractivity (Wildman–Crippen MR) is 94.4 cm³/mol. The molecule has 2 aromatic rings. The third kappa shape index (κ3) is 3.71. The summed E-state index contributed by atoms with van der Waals surface area (Å²) in [4.78, 5) is 30.2. The summed E-state index contributed by atoms with van der Waals surface area (Å²) < 4.78 is 4.67. The minimum Gasteiger partial charge on any atom is -0.464 e. The van der Waals surface area contributed by atoms with Crippen molar-refractivity contribution in [2.24, 2.45) is 5.92 Å². The van der Waals surface area contributed by atoms with E-state index in [-0.39, 0.29) is 11.6 Å². The smallest absolute Gasteiger partial charge is 0.356 e. The molecule has 5 heteroatoms. The first-order valence-corrected chi connectivity index (χ1v) is 8.48. The third-order valence-electron chi connectivity index (χ3n) is 4.82. The minimum absolute atomic E-state index is 0.0640. The number of pyridine rings is 1. The van der Waals surface area contributed by atoms with Gasteiger partial charge in [-0.3, -0.25) is 4.79 Å². The van der Waals surface area contributed by atoms with E-state index in [4.69, 9.17) is 0 Å². The molecule has 1 saturated heterocycles. The van der Waals surface area contributed by atoms with E-state index < -0.39 is 5.97 Å². The highest BCUT2D eigenvalue weighted by Crippen LogP contribution is 2.33. The van der Waals surface area contributed by atoms with Gasteiger partial charge in [0.05, 0.1) is 7.11 Å². The Labute approximate surface area is 147 Å². The maximum absolute atomic E-state index is 12.8. The van der Waals surface area contributed by atoms with Gasteiger partial charge in [-0.1, -0.05) is 37.3 Å². The Hall–Kier alpha value is -2.69. The number of esters is 1. The Bertz CT molecular complexity index is 761. The Balaban J connectivity index is 1.72. The van der Waals surface area contributed by atoms with E-state index in [0.717, 1.165) is 6.42 Å². The summed E-state index contributed by atoms with van der Waals surface area (Å²) >= 11 is 0. The number of ether oxygens (including phenoxy) is 1. The number of carbonyl (C=O) groups excluding carboxylic acids is 2. The molecule has 1 aromatic heterocycles. The Kier molecular flexibility index (Phi) is 5.12. The number of rotatable bonds is 3. The maximum atomic E-state index is 12.8. The van der Waals surface area contributed by atoms with Gasteiger partial charge in [0.15, 0.2) is 0 Å². The fraction of sp³-hybridized carbons (Fsp3) is 0.350. The zero-order valence-corrected chi connectivity index (χ0v) is 14.5. The average Bonchev–Trinajstić information content (AvgIpc) is 2.67. The summed E-state index contributed by atoms with van der Waals surface area (Å²) in [6, 6.07) is 13.6. The first-order valence-electron chi connectivity index (χ1n) is 8.48. The highest BCUT2D eigenvalue weighted by atomic mass is 16.5. The van der Waals surface area contributed by atoms with E-state index in [2.05, 4.69) is 40.9 Å². The zero-order chi connectivity index (χ0) is 17.8. The monoisotopic (exact) mass is 338 g/mol. The van der Waals surface area contributed by atoms with Crippen molar-refractivity contribution in [3.63, 3.8) is 0 Å². The van der Waals surface area contributed by atoms with Crippen LogP contribution in [0.1, 0.15) is 45.7 Å². The lowest BCUT2D eigenvalue weighted by molar-refractivity contribution is 0.0594. The van der Waals surface area contributed by atoms with Crippen molar-refractivity contribution in [2.45, 2.75) is 19.3 Å². The fourth-order valence-corrected chi connectivity index (χ4v) is 3.49. The number of benzene rings is 1. The van der Waals surface area contributed by atoms with Crippen molar-refractivity contribution in [2.75, 3.05) is 20.2 Å². The van der Waals surface area contributed by atoms with E-state index >= 15 is 0 Å². The standard InChI is InChI=1S/C20H22N2O3/c1-14-13-22(11-9-17(14)15-6-4-3-5-7-15)19(23)16-8-10-21-18(12-16)20(24)25-2/h3-8,10,12,14,17H,9,11,13H2,1-2H3/t14-,17-/m1/s1. The molecule has 25 heavy (non-hydrogen) atoms. The van der Waals surface area contributed by atoms with Crippen LogP contribution in [0.2, 0.25) is 0 Å². The molecule has 0 saturated carbocycles. The Morgan fingerprint density at radius 2 is 1.96 bits per heavy atom. The van der Waals surface area contributed by atoms with Gasteiger partial charge < -0.3 is 9.64 Å². The number of methoxy groups -OCH3 is 1. The molecule has 0 N–H and O–H groups in total. The lowest BCUT2D eigenvalue weighted by atomic mass is 9.81. The van der Waals surface area contributed by atoms with Crippen LogP contribution in [0.25, 0.3) is 0 Å². The number of nitrogens with zero attached hydrogens (tertiary/aromatic N) is 2. The summed E-state index contributed by atoms with van der Waals surface area (Å²) in [5.74, 6) is 0.243. The van der Waals surface area contributed by atoms with Gasteiger partial charge in [-0.2, -0.15) is 0 Å². The van der Waals surface area contributed by atoms with Gasteiger partial charge in [0, 0.05) is 24.8 Å². The number of aromatic nitrogens is 1. The molecule has 1 aliphatic heterocycles. The predicted octanol–water partition coefficient (Wildman–Crippen LogP) is 3.13. The topological polar surface area (TPSA) is 59.5 Å². The second-order valence-electron chi connectivity index (χ2n) is 6.46. The van der Waals surface area contributed by atoms with Crippen molar-refractivity contribution >= 4 is 11.9 Å². The van der Waals surface area contributed by atoms with Gasteiger partial charge in [0.2, 0.25) is 0 Å². The number of hydrogen-bond acceptors (Lipinski definition) is 4. The quantitative estimate of drug-likeness (QED) is 0.807. The summed E-state index contributed by atoms with van der Waals surface area (Å²) in [6.45, 7) is 3.59. The number of hydrogen-bond donors (Lipinski definition) is 0. The van der Waals surface area contributed by atoms with E-state index in [1.54, 1.807) is 6.07 Å². The van der Waals surface area contributed by atoms with E-state index in [0.29, 0.717) is 30.5 Å². The van der Waals surface area contributed by atoms with Gasteiger partial charge in [-0.05, 0) is 36.0 Å². The molecule has 1 aromatic carbocycles. The average molecular weight is 338 g/mol. The third-order valence-corrected chi connectivity index (χ3v) is 4.82. The molecule has 0 unspecified atom stereocenters. The zero-order valence-electron chi connectivity index (χ0n) is 14.5. The summed E-state index contributed by atoms with van der Waals surface area (Å²) in [7, 11) is 1.30. The molecule has 0 spiro atoms. The second-order valence-corrected chi connectivity index (χ2v) is 6.46. The lowest BCUT2D eigenvalue weighted by Crippen LogP contribution is -2.42. The molecule has 5 nitrogen and oxygen atoms in total. The van der Waals surface area contributed by atoms with Crippen LogP contribution in [-0.4, -0.2) is 42.0 Å². The van der Waals surface area contributed by atoms with Crippen molar-refractivity contribution < 1.29 is 14.3 Å². The molecule has 1 fully saturated rings. The molecular weight excluding hydrogens is 316 g/mol. The molecular formula is C20H22N2O3. The van der Waals surface area contributed by atoms with Crippen molar-refractivity contribution in [1.82, 2.24) is 9.88 Å². The van der Waals surface area contributed by atoms with Crippen molar-refractivity contribution in [3.05, 3.63) is 65.5 Å². The molecule has 3 rings (SSSR count). The van der Waals surface area contributed by atoms with E-state index in [1.165, 1.54) is 24.9 Å². The van der Waals surface area contributed by atoms with Crippen LogP contribution in [-0.2, 0) is 4.74 Å². The molecule has 2 atom stereocenters. The van der Waals surface area contributed by atoms with Crippen molar-refractivity contribution in [1.29, 1.82) is 0 Å². The SMILES string of the molecule is COC(=O)c1cc(C(=O)N2CC[C@@H](c3ccccc3)[C@H](C)C2)ccn1. The maximum Gasteiger partial charge on any atom is 0.356 e. The summed E-state index contributed by atoms with van der Waals surface area (Å²) in [5, 5.41) is 0. The first-order chi connectivity index (χ1) is 12.1. The van der Waals surface area contributed by atoms with Crippen molar-refractivity contribution in [3.8, 4) is 0 Å². The number of amides is 1. The molecule has 0 bridgehead atoms. The fourth-order valence-electron chi connectivity index (χ4n) is 3.49. The number of piperidine rings is 1. The van der Waals surface area contributed by atoms with Crippen LogP contribution in [0.4, 0.5) is 0 Å². The van der Waals surface area contributed by atoms with Gasteiger partial charge >= 0.3 is 5.97 Å². The van der Waals surface area contributed by atoms with Gasteiger partial charge in [0.1, 0.15) is 5.69 Å². The van der Waals surface area contributed by atoms with Crippen LogP contribution in [0.3, 0.4) is 0 Å². The largest absolute Gasteiger partial charge is 0.464 e. The summed E-state index contributed by atoms with van der Waals surface area (Å²) in [5.41, 5.74) is 1.96. The molecule has 130 valence electrons. The van der Waals surface area contributed by atoms with Crippen LogP contribution < -0.4 is 0 Å². The van der Waals surface area contributed by atoms with Crippen LogP contribution >= 0.6 is 0 Å². The van der Waals surface area contributed by atoms with Crippen LogP contribution in [0, 0.1) is 5.92 Å². The van der Waals surface area contributed by atoms with Crippen LogP contribution in [0.5, 0.6) is 0 Å². The van der Waals surface area contributed by atoms with E-state index in [1.807, 2.05) is 11.0 Å². The molecule has 0 aliphatic carbocycles. The minimum atomic E-state index is -0.536. The second kappa shape index (κ2) is 7.47. The van der Waals surface area contributed by atoms with Gasteiger partial charge in [-0.15, -0.1) is 0 Å². The normalized spacial score (nSPS) is 20.2. The van der Waals surface area contributed by atoms with Gasteiger partial charge in [0.25, 0.3) is 5.91 Å². The highest BCUT2D eigenvalue weighted by Gasteiger charge is 2.30. The first kappa shape index (κ1) is 17.1. The van der Waals surface area contributed by atoms with Crippen LogP contribution in [0.15, 0.2) is 48.7 Å². The highest BCUT2D eigenvalue weighted by molar-refractivity contribution is 5.97. The van der Waals surface area contributed by atoms with E-state index in [9.17, 15) is 9.59 Å². The molecule has 0 radical (unpaired) electrons. The number of carbonyl (C=O) groups is 2. The van der Waals surface area contributed by atoms with Gasteiger partial charge in [-0.25, -0.2) is 9.78 Å². The lowest BCUT2D eigenvalue weighted by Gasteiger charge is -2.37. The molecule has 2 heterocycles. The number of likely N-dealkylation sites (tertiary alicyclic amines) is 1. The summed E-state index contributed by atoms with van der Waals surface area (Å²) in [6.07, 6.45) is 2.41. The Morgan fingerprint density at radius 3 is 2.64 bits per heavy atom. The molecule has 1 aliphatic rings. The Morgan fingerprint density at radius 1 is 1.20 bits per heavy atom.